The van der Waals surface area contributed by atoms with E-state index in [-0.39, 0.29) is 11.4 Å². The number of amides is 2. The molecule has 0 aliphatic carbocycles. The maximum atomic E-state index is 12.4. The van der Waals surface area contributed by atoms with Crippen molar-refractivity contribution in [1.82, 2.24) is 29.6 Å². The molecule has 9 heteroatoms. The summed E-state index contributed by atoms with van der Waals surface area (Å²) in [4.78, 5) is 22.6. The Kier molecular flexibility index (Phi) is 5.17. The van der Waals surface area contributed by atoms with Crippen LogP contribution in [0.2, 0.25) is 0 Å². The first-order valence-corrected chi connectivity index (χ1v) is 8.68. The lowest BCUT2D eigenvalue weighted by molar-refractivity contribution is 0.139. The van der Waals surface area contributed by atoms with Crippen LogP contribution in [0.25, 0.3) is 0 Å². The number of anilines is 1. The standard InChI is InChI=1S/C17H25N7O2/c1-17(2,3)15-18-9-12(10-19-15)20-16(25)23(4)11-14-22-21-13-5-7-26-8-6-24(13)14/h9-10H,5-8,11H2,1-4H3,(H,20,25). The van der Waals surface area contributed by atoms with Crippen LogP contribution < -0.4 is 5.32 Å². The number of fused-ring (bicyclic) bond motifs is 1. The van der Waals surface area contributed by atoms with Crippen LogP contribution in [0.15, 0.2) is 12.4 Å². The summed E-state index contributed by atoms with van der Waals surface area (Å²) in [5.41, 5.74) is 0.428. The van der Waals surface area contributed by atoms with Crippen molar-refractivity contribution in [2.24, 2.45) is 0 Å². The summed E-state index contributed by atoms with van der Waals surface area (Å²) in [5.74, 6) is 2.39. The first kappa shape index (κ1) is 18.2. The molecule has 0 spiro atoms. The molecule has 0 fully saturated rings. The van der Waals surface area contributed by atoms with Gasteiger partial charge in [0.15, 0.2) is 5.82 Å². The molecule has 0 atom stereocenters. The zero-order valence-corrected chi connectivity index (χ0v) is 15.7. The van der Waals surface area contributed by atoms with Gasteiger partial charge in [-0.1, -0.05) is 20.8 Å². The van der Waals surface area contributed by atoms with E-state index in [1.165, 1.54) is 0 Å². The average molecular weight is 359 g/mol. The number of nitrogens with one attached hydrogen (secondary N) is 1. The molecule has 0 aromatic carbocycles. The predicted molar refractivity (Wildman–Crippen MR) is 95.8 cm³/mol. The normalized spacial score (nSPS) is 14.5. The highest BCUT2D eigenvalue weighted by atomic mass is 16.5. The quantitative estimate of drug-likeness (QED) is 0.894. The van der Waals surface area contributed by atoms with Gasteiger partial charge in [0, 0.05) is 25.4 Å². The van der Waals surface area contributed by atoms with Gasteiger partial charge in [0.1, 0.15) is 11.6 Å². The van der Waals surface area contributed by atoms with Crippen LogP contribution in [-0.2, 0) is 29.7 Å². The highest BCUT2D eigenvalue weighted by Crippen LogP contribution is 2.18. The van der Waals surface area contributed by atoms with Crippen molar-refractivity contribution in [3.63, 3.8) is 0 Å². The second-order valence-corrected chi connectivity index (χ2v) is 7.38. The van der Waals surface area contributed by atoms with Crippen molar-refractivity contribution in [2.75, 3.05) is 25.6 Å². The van der Waals surface area contributed by atoms with Crippen LogP contribution in [0.3, 0.4) is 0 Å². The molecule has 1 N–H and O–H groups in total. The molecule has 2 aromatic rings. The van der Waals surface area contributed by atoms with Crippen LogP contribution in [0.4, 0.5) is 10.5 Å². The van der Waals surface area contributed by atoms with Crippen LogP contribution in [0.5, 0.6) is 0 Å². The van der Waals surface area contributed by atoms with Crippen LogP contribution >= 0.6 is 0 Å². The van der Waals surface area contributed by atoms with Crippen molar-refractivity contribution in [2.45, 2.75) is 45.7 Å². The summed E-state index contributed by atoms with van der Waals surface area (Å²) < 4.78 is 7.49. The van der Waals surface area contributed by atoms with Gasteiger partial charge >= 0.3 is 6.03 Å². The molecule has 0 bridgehead atoms. The minimum atomic E-state index is -0.251. The van der Waals surface area contributed by atoms with Gasteiger partial charge in [-0.3, -0.25) is 0 Å². The fraction of sp³-hybridized carbons (Fsp3) is 0.588. The van der Waals surface area contributed by atoms with E-state index < -0.39 is 0 Å². The van der Waals surface area contributed by atoms with Gasteiger partial charge in [-0.05, 0) is 0 Å². The maximum absolute atomic E-state index is 12.4. The van der Waals surface area contributed by atoms with E-state index in [2.05, 4.69) is 25.5 Å². The lowest BCUT2D eigenvalue weighted by Crippen LogP contribution is -2.32. The molecule has 3 rings (SSSR count). The molecule has 26 heavy (non-hydrogen) atoms. The minimum Gasteiger partial charge on any atom is -0.379 e. The average Bonchev–Trinajstić information content (AvgIpc) is 2.81. The summed E-state index contributed by atoms with van der Waals surface area (Å²) in [5, 5.41) is 11.2. The number of aromatic nitrogens is 5. The fourth-order valence-electron chi connectivity index (χ4n) is 2.64. The van der Waals surface area contributed by atoms with E-state index >= 15 is 0 Å². The predicted octanol–water partition coefficient (Wildman–Crippen LogP) is 1.60. The molecular formula is C17H25N7O2. The van der Waals surface area contributed by atoms with Crippen molar-refractivity contribution in [3.8, 4) is 0 Å². The molecule has 2 amide bonds. The van der Waals surface area contributed by atoms with E-state index in [1.54, 1.807) is 24.3 Å². The summed E-state index contributed by atoms with van der Waals surface area (Å²) in [6.45, 7) is 8.47. The second kappa shape index (κ2) is 7.36. The van der Waals surface area contributed by atoms with Gasteiger partial charge in [0.2, 0.25) is 0 Å². The first-order valence-electron chi connectivity index (χ1n) is 8.68. The molecule has 140 valence electrons. The zero-order valence-electron chi connectivity index (χ0n) is 15.7. The molecule has 0 saturated heterocycles. The van der Waals surface area contributed by atoms with E-state index in [1.807, 2.05) is 25.3 Å². The summed E-state index contributed by atoms with van der Waals surface area (Å²) in [7, 11) is 1.72. The molecule has 9 nitrogen and oxygen atoms in total. The molecule has 1 aliphatic rings. The van der Waals surface area contributed by atoms with Crippen molar-refractivity contribution in [3.05, 3.63) is 29.9 Å². The van der Waals surface area contributed by atoms with E-state index in [0.717, 1.165) is 23.9 Å². The fourth-order valence-corrected chi connectivity index (χ4v) is 2.64. The number of urea groups is 1. The Bertz CT molecular complexity index is 764. The monoisotopic (exact) mass is 359 g/mol. The van der Waals surface area contributed by atoms with Crippen LogP contribution in [0.1, 0.15) is 38.2 Å². The van der Waals surface area contributed by atoms with Gasteiger partial charge in [0.25, 0.3) is 0 Å². The molecule has 0 saturated carbocycles. The molecule has 0 radical (unpaired) electrons. The third-order valence-corrected chi connectivity index (χ3v) is 4.13. The summed E-state index contributed by atoms with van der Waals surface area (Å²) in [6.07, 6.45) is 3.99. The lowest BCUT2D eigenvalue weighted by Gasteiger charge is -2.19. The van der Waals surface area contributed by atoms with Gasteiger partial charge in [0.05, 0.1) is 37.8 Å². The van der Waals surface area contributed by atoms with E-state index in [9.17, 15) is 4.79 Å². The lowest BCUT2D eigenvalue weighted by atomic mass is 9.96. The Hall–Kier alpha value is -2.55. The Morgan fingerprint density at radius 3 is 2.69 bits per heavy atom. The highest BCUT2D eigenvalue weighted by Gasteiger charge is 2.19. The third kappa shape index (κ3) is 4.16. The first-order chi connectivity index (χ1) is 12.3. The van der Waals surface area contributed by atoms with Crippen LogP contribution in [0, 0.1) is 0 Å². The number of hydrogen-bond donors (Lipinski definition) is 1. The van der Waals surface area contributed by atoms with Crippen molar-refractivity contribution >= 4 is 11.7 Å². The van der Waals surface area contributed by atoms with E-state index in [4.69, 9.17) is 4.74 Å². The molecule has 0 unspecified atom stereocenters. The largest absolute Gasteiger partial charge is 0.379 e. The smallest absolute Gasteiger partial charge is 0.322 e. The molecule has 2 aromatic heterocycles. The van der Waals surface area contributed by atoms with Crippen LogP contribution in [-0.4, -0.2) is 55.9 Å². The number of carbonyl (C=O) groups is 1. The Morgan fingerprint density at radius 1 is 1.27 bits per heavy atom. The Morgan fingerprint density at radius 2 is 2.00 bits per heavy atom. The number of rotatable bonds is 3. The number of ether oxygens (including phenoxy) is 1. The SMILES string of the molecule is CN(Cc1nnc2n1CCOCC2)C(=O)Nc1cnc(C(C)(C)C)nc1. The van der Waals surface area contributed by atoms with E-state index in [0.29, 0.717) is 32.0 Å². The topological polar surface area (TPSA) is 98.1 Å². The highest BCUT2D eigenvalue weighted by molar-refractivity contribution is 5.88. The third-order valence-electron chi connectivity index (χ3n) is 4.13. The van der Waals surface area contributed by atoms with Gasteiger partial charge < -0.3 is 19.5 Å². The molecule has 3 heterocycles. The van der Waals surface area contributed by atoms with Gasteiger partial charge in [-0.15, -0.1) is 10.2 Å². The zero-order chi connectivity index (χ0) is 18.7. The maximum Gasteiger partial charge on any atom is 0.322 e. The number of carbonyl (C=O) groups excluding carboxylic acids is 1. The van der Waals surface area contributed by atoms with Crippen molar-refractivity contribution < 1.29 is 9.53 Å². The summed E-state index contributed by atoms with van der Waals surface area (Å²) >= 11 is 0. The number of hydrogen-bond acceptors (Lipinski definition) is 6. The summed E-state index contributed by atoms with van der Waals surface area (Å²) in [6, 6.07) is -0.251. The minimum absolute atomic E-state index is 0.130. The Labute approximate surface area is 152 Å². The molecular weight excluding hydrogens is 334 g/mol. The Balaban J connectivity index is 1.62. The number of nitrogens with zero attached hydrogens (tertiary/aromatic N) is 6. The van der Waals surface area contributed by atoms with Gasteiger partial charge in [-0.2, -0.15) is 0 Å². The van der Waals surface area contributed by atoms with Gasteiger partial charge in [-0.25, -0.2) is 14.8 Å². The second-order valence-electron chi connectivity index (χ2n) is 7.38. The van der Waals surface area contributed by atoms with Crippen molar-refractivity contribution in [1.29, 1.82) is 0 Å². The molecule has 1 aliphatic heterocycles.